The van der Waals surface area contributed by atoms with E-state index in [-0.39, 0.29) is 28.0 Å². The minimum Gasteiger partial charge on any atom is -0.396 e. The molecule has 1 heterocycles. The van der Waals surface area contributed by atoms with E-state index in [1.54, 1.807) is 6.92 Å². The Bertz CT molecular complexity index is 747. The fourth-order valence-corrected chi connectivity index (χ4v) is 2.93. The summed E-state index contributed by atoms with van der Waals surface area (Å²) in [4.78, 5) is 3.52. The van der Waals surface area contributed by atoms with Crippen LogP contribution in [0.1, 0.15) is 11.7 Å². The summed E-state index contributed by atoms with van der Waals surface area (Å²) in [6.45, 7) is 1.38. The highest BCUT2D eigenvalue weighted by Crippen LogP contribution is 2.26. The Labute approximate surface area is 119 Å². The van der Waals surface area contributed by atoms with E-state index in [0.717, 1.165) is 12.1 Å². The lowest BCUT2D eigenvalue weighted by molar-refractivity contribution is 0.387. The maximum Gasteiger partial charge on any atom is 0.242 e. The Hall–Kier alpha value is -1.71. The van der Waals surface area contributed by atoms with E-state index in [4.69, 9.17) is 21.9 Å². The van der Waals surface area contributed by atoms with Crippen molar-refractivity contribution >= 4 is 27.3 Å². The van der Waals surface area contributed by atoms with Crippen molar-refractivity contribution in [3.05, 3.63) is 34.7 Å². The van der Waals surface area contributed by atoms with Gasteiger partial charge >= 0.3 is 0 Å². The van der Waals surface area contributed by atoms with Gasteiger partial charge in [-0.2, -0.15) is 4.98 Å². The van der Waals surface area contributed by atoms with Crippen LogP contribution < -0.4 is 10.5 Å². The van der Waals surface area contributed by atoms with Crippen molar-refractivity contribution in [1.29, 1.82) is 0 Å². The molecule has 0 aliphatic rings. The second-order valence-electron chi connectivity index (χ2n) is 3.86. The van der Waals surface area contributed by atoms with Gasteiger partial charge in [0.05, 0.1) is 17.3 Å². The highest BCUT2D eigenvalue weighted by atomic mass is 35.5. The van der Waals surface area contributed by atoms with E-state index < -0.39 is 15.8 Å². The molecule has 0 spiro atoms. The summed E-state index contributed by atoms with van der Waals surface area (Å²) in [7, 11) is -3.97. The molecule has 0 saturated carbocycles. The predicted molar refractivity (Wildman–Crippen MR) is 68.9 cm³/mol. The van der Waals surface area contributed by atoms with Crippen molar-refractivity contribution in [2.24, 2.45) is 0 Å². The first-order valence-corrected chi connectivity index (χ1v) is 7.19. The van der Waals surface area contributed by atoms with E-state index >= 15 is 0 Å². The number of nitrogens with two attached hydrogens (primary N) is 1. The maximum atomic E-state index is 13.1. The third kappa shape index (κ3) is 3.06. The van der Waals surface area contributed by atoms with Crippen molar-refractivity contribution in [1.82, 2.24) is 14.9 Å². The normalized spacial score (nSPS) is 11.8. The van der Waals surface area contributed by atoms with Crippen LogP contribution in [0.25, 0.3) is 0 Å². The highest BCUT2D eigenvalue weighted by Gasteiger charge is 2.20. The van der Waals surface area contributed by atoms with Crippen LogP contribution >= 0.6 is 11.6 Å². The largest absolute Gasteiger partial charge is 0.396 e. The summed E-state index contributed by atoms with van der Waals surface area (Å²) in [5.74, 6) is -0.316. The Balaban J connectivity index is 2.24. The second-order valence-corrected chi connectivity index (χ2v) is 6.00. The molecule has 0 aliphatic heterocycles. The van der Waals surface area contributed by atoms with Crippen LogP contribution in [0.3, 0.4) is 0 Å². The monoisotopic (exact) mass is 320 g/mol. The SMILES string of the molecule is Cc1nc(CNS(=O)(=O)c2cc(N)c(F)cc2Cl)no1. The van der Waals surface area contributed by atoms with Gasteiger partial charge in [-0.25, -0.2) is 17.5 Å². The van der Waals surface area contributed by atoms with Gasteiger partial charge in [-0.3, -0.25) is 0 Å². The van der Waals surface area contributed by atoms with Crippen molar-refractivity contribution in [2.75, 3.05) is 5.73 Å². The molecule has 0 radical (unpaired) electrons. The predicted octanol–water partition coefficient (Wildman–Crippen LogP) is 1.23. The molecule has 20 heavy (non-hydrogen) atoms. The molecule has 3 N–H and O–H groups in total. The number of hydrogen-bond acceptors (Lipinski definition) is 6. The van der Waals surface area contributed by atoms with E-state index in [9.17, 15) is 12.8 Å². The molecular weight excluding hydrogens is 311 g/mol. The Morgan fingerprint density at radius 3 is 2.80 bits per heavy atom. The summed E-state index contributed by atoms with van der Waals surface area (Å²) >= 11 is 5.71. The number of halogens is 2. The summed E-state index contributed by atoms with van der Waals surface area (Å²) in [6, 6.07) is 1.78. The van der Waals surface area contributed by atoms with Crippen LogP contribution in [-0.2, 0) is 16.6 Å². The third-order valence-electron chi connectivity index (χ3n) is 2.33. The second kappa shape index (κ2) is 5.35. The lowest BCUT2D eigenvalue weighted by Gasteiger charge is -2.08. The molecule has 10 heteroatoms. The fourth-order valence-electron chi connectivity index (χ4n) is 1.40. The molecule has 1 aromatic carbocycles. The average Bonchev–Trinajstić information content (AvgIpc) is 2.77. The molecule has 1 aromatic heterocycles. The van der Waals surface area contributed by atoms with Crippen LogP contribution in [0.4, 0.5) is 10.1 Å². The summed E-state index contributed by atoms with van der Waals surface area (Å²) in [5.41, 5.74) is 5.02. The van der Waals surface area contributed by atoms with Gasteiger partial charge in [0.25, 0.3) is 0 Å². The van der Waals surface area contributed by atoms with Crippen molar-refractivity contribution in [3.63, 3.8) is 0 Å². The minimum atomic E-state index is -3.97. The maximum absolute atomic E-state index is 13.1. The first kappa shape index (κ1) is 14.7. The van der Waals surface area contributed by atoms with E-state index in [2.05, 4.69) is 14.9 Å². The van der Waals surface area contributed by atoms with Crippen LogP contribution in [0, 0.1) is 12.7 Å². The number of anilines is 1. The molecule has 0 aliphatic carbocycles. The van der Waals surface area contributed by atoms with E-state index in [1.165, 1.54) is 0 Å². The Morgan fingerprint density at radius 1 is 1.50 bits per heavy atom. The number of aromatic nitrogens is 2. The number of sulfonamides is 1. The van der Waals surface area contributed by atoms with Gasteiger partial charge in [0.15, 0.2) is 5.82 Å². The zero-order chi connectivity index (χ0) is 14.9. The molecule has 0 bridgehead atoms. The molecule has 0 fully saturated rings. The zero-order valence-corrected chi connectivity index (χ0v) is 11.8. The first-order valence-electron chi connectivity index (χ1n) is 5.33. The van der Waals surface area contributed by atoms with Crippen molar-refractivity contribution in [2.45, 2.75) is 18.4 Å². The lowest BCUT2D eigenvalue weighted by atomic mass is 10.3. The van der Waals surface area contributed by atoms with Gasteiger partial charge in [0.1, 0.15) is 10.7 Å². The lowest BCUT2D eigenvalue weighted by Crippen LogP contribution is -2.24. The molecule has 2 aromatic rings. The number of nitrogen functional groups attached to an aromatic ring is 1. The third-order valence-corrected chi connectivity index (χ3v) is 4.20. The van der Waals surface area contributed by atoms with E-state index in [0.29, 0.717) is 5.89 Å². The van der Waals surface area contributed by atoms with E-state index in [1.807, 2.05) is 0 Å². The number of hydrogen-bond donors (Lipinski definition) is 2. The summed E-state index contributed by atoms with van der Waals surface area (Å²) in [5, 5.41) is 3.27. The minimum absolute atomic E-state index is 0.164. The molecule has 0 saturated heterocycles. The van der Waals surface area contributed by atoms with Crippen molar-refractivity contribution < 1.29 is 17.3 Å². The van der Waals surface area contributed by atoms with Gasteiger partial charge < -0.3 is 10.3 Å². The molecule has 108 valence electrons. The molecule has 0 atom stereocenters. The van der Waals surface area contributed by atoms with Crippen LogP contribution in [0.2, 0.25) is 5.02 Å². The van der Waals surface area contributed by atoms with Crippen molar-refractivity contribution in [3.8, 4) is 0 Å². The van der Waals surface area contributed by atoms with Gasteiger partial charge in [-0.05, 0) is 12.1 Å². The zero-order valence-electron chi connectivity index (χ0n) is 10.2. The van der Waals surface area contributed by atoms with Gasteiger partial charge in [0, 0.05) is 6.92 Å². The average molecular weight is 321 g/mol. The topological polar surface area (TPSA) is 111 Å². The fraction of sp³-hybridized carbons (Fsp3) is 0.200. The number of nitrogens with one attached hydrogen (secondary N) is 1. The van der Waals surface area contributed by atoms with Gasteiger partial charge in [-0.15, -0.1) is 0 Å². The number of benzene rings is 1. The Kier molecular flexibility index (Phi) is 3.93. The molecular formula is C10H10ClFN4O3S. The standard InChI is InChI=1S/C10H10ClFN4O3S/c1-5-15-10(16-19-5)4-14-20(17,18)9-3-8(13)7(12)2-6(9)11/h2-3,14H,4,13H2,1H3. The number of nitrogens with zero attached hydrogens (tertiary/aromatic N) is 2. The van der Waals surface area contributed by atoms with Crippen LogP contribution in [-0.4, -0.2) is 18.6 Å². The van der Waals surface area contributed by atoms with Crippen LogP contribution in [0.5, 0.6) is 0 Å². The quantitative estimate of drug-likeness (QED) is 0.820. The molecule has 7 nitrogen and oxygen atoms in total. The summed E-state index contributed by atoms with van der Waals surface area (Å²) < 4.78 is 44.1. The van der Waals surface area contributed by atoms with Crippen LogP contribution in [0.15, 0.2) is 21.6 Å². The highest BCUT2D eigenvalue weighted by molar-refractivity contribution is 7.89. The smallest absolute Gasteiger partial charge is 0.242 e. The first-order chi connectivity index (χ1) is 9.29. The number of aryl methyl sites for hydroxylation is 1. The summed E-state index contributed by atoms with van der Waals surface area (Å²) in [6.07, 6.45) is 0. The Morgan fingerprint density at radius 2 is 2.20 bits per heavy atom. The van der Waals surface area contributed by atoms with Gasteiger partial charge in [-0.1, -0.05) is 16.8 Å². The molecule has 2 rings (SSSR count). The van der Waals surface area contributed by atoms with Gasteiger partial charge in [0.2, 0.25) is 15.9 Å². The number of rotatable bonds is 4. The molecule has 0 amide bonds. The molecule has 0 unspecified atom stereocenters.